The van der Waals surface area contributed by atoms with E-state index >= 15 is 0 Å². The number of nitrogens with one attached hydrogen (secondary N) is 1. The van der Waals surface area contributed by atoms with Crippen molar-refractivity contribution in [2.75, 3.05) is 18.6 Å². The monoisotopic (exact) mass is 256 g/mol. The van der Waals surface area contributed by atoms with E-state index < -0.39 is 9.84 Å². The van der Waals surface area contributed by atoms with Gasteiger partial charge in [0.25, 0.3) is 0 Å². The van der Waals surface area contributed by atoms with Gasteiger partial charge in [-0.2, -0.15) is 0 Å². The number of hydrogen-bond acceptors (Lipinski definition) is 4. The van der Waals surface area contributed by atoms with Crippen LogP contribution in [0.15, 0.2) is 18.3 Å². The van der Waals surface area contributed by atoms with Crippen molar-refractivity contribution >= 4 is 9.84 Å². The van der Waals surface area contributed by atoms with E-state index in [0.717, 1.165) is 24.2 Å². The maximum absolute atomic E-state index is 11.4. The molecule has 0 bridgehead atoms. The van der Waals surface area contributed by atoms with E-state index in [1.54, 1.807) is 6.20 Å². The van der Waals surface area contributed by atoms with E-state index in [1.807, 2.05) is 19.1 Å². The third-order valence-corrected chi connectivity index (χ3v) is 3.39. The van der Waals surface area contributed by atoms with E-state index in [4.69, 9.17) is 0 Å². The van der Waals surface area contributed by atoms with E-state index in [0.29, 0.717) is 0 Å². The third-order valence-electron chi connectivity index (χ3n) is 2.45. The first-order valence-electron chi connectivity index (χ1n) is 5.76. The number of pyridine rings is 1. The Labute approximate surface area is 103 Å². The predicted molar refractivity (Wildman–Crippen MR) is 69.7 cm³/mol. The van der Waals surface area contributed by atoms with Crippen LogP contribution in [0.2, 0.25) is 0 Å². The van der Waals surface area contributed by atoms with Gasteiger partial charge in [-0.3, -0.25) is 4.98 Å². The second kappa shape index (κ2) is 6.12. The molecule has 0 spiro atoms. The maximum atomic E-state index is 11.4. The van der Waals surface area contributed by atoms with Crippen LogP contribution in [-0.2, 0) is 9.84 Å². The first-order valence-corrected chi connectivity index (χ1v) is 7.82. The molecule has 0 saturated carbocycles. The van der Waals surface area contributed by atoms with Crippen LogP contribution >= 0.6 is 0 Å². The summed E-state index contributed by atoms with van der Waals surface area (Å²) in [5, 5.41) is 3.24. The summed E-state index contributed by atoms with van der Waals surface area (Å²) in [4.78, 5) is 4.20. The third kappa shape index (κ3) is 5.28. The van der Waals surface area contributed by atoms with Gasteiger partial charge in [0.1, 0.15) is 9.84 Å². The van der Waals surface area contributed by atoms with Gasteiger partial charge in [0.05, 0.1) is 5.75 Å². The van der Waals surface area contributed by atoms with Crippen molar-refractivity contribution in [2.24, 2.45) is 0 Å². The number of aryl methyl sites for hydroxylation is 1. The fourth-order valence-electron chi connectivity index (χ4n) is 1.58. The number of nitrogens with zero attached hydrogens (tertiary/aromatic N) is 1. The molecule has 1 atom stereocenters. The average molecular weight is 256 g/mol. The Morgan fingerprint density at radius 3 is 2.59 bits per heavy atom. The zero-order chi connectivity index (χ0) is 12.9. The normalized spacial score (nSPS) is 13.6. The number of aromatic nitrogens is 1. The molecule has 1 heterocycles. The summed E-state index contributed by atoms with van der Waals surface area (Å²) < 4.78 is 22.8. The fourth-order valence-corrected chi connectivity index (χ4v) is 2.50. The molecule has 0 aliphatic carbocycles. The molecular weight excluding hydrogens is 236 g/mol. The molecule has 5 heteroatoms. The highest BCUT2D eigenvalue weighted by molar-refractivity contribution is 7.90. The van der Waals surface area contributed by atoms with E-state index in [-0.39, 0.29) is 11.8 Å². The quantitative estimate of drug-likeness (QED) is 0.837. The van der Waals surface area contributed by atoms with Gasteiger partial charge in [-0.1, -0.05) is 13.0 Å². The Morgan fingerprint density at radius 1 is 1.41 bits per heavy atom. The average Bonchev–Trinajstić information content (AvgIpc) is 2.24. The highest BCUT2D eigenvalue weighted by Crippen LogP contribution is 2.14. The van der Waals surface area contributed by atoms with Gasteiger partial charge in [-0.25, -0.2) is 8.42 Å². The Bertz CT molecular complexity index is 440. The molecule has 0 aliphatic rings. The molecule has 1 aromatic rings. The van der Waals surface area contributed by atoms with Crippen LogP contribution in [0.3, 0.4) is 0 Å². The molecule has 0 amide bonds. The van der Waals surface area contributed by atoms with Crippen molar-refractivity contribution in [1.82, 2.24) is 10.3 Å². The SMILES string of the molecule is CCCNC(CS(C)(=O)=O)c1ccc(C)nc1. The van der Waals surface area contributed by atoms with Gasteiger partial charge in [0.15, 0.2) is 0 Å². The van der Waals surface area contributed by atoms with Crippen LogP contribution in [0.4, 0.5) is 0 Å². The summed E-state index contributed by atoms with van der Waals surface area (Å²) in [6.07, 6.45) is 3.97. The van der Waals surface area contributed by atoms with E-state index in [1.165, 1.54) is 6.26 Å². The van der Waals surface area contributed by atoms with Crippen LogP contribution in [0.25, 0.3) is 0 Å². The molecule has 0 aromatic carbocycles. The molecule has 1 N–H and O–H groups in total. The predicted octanol–water partition coefficient (Wildman–Crippen LogP) is 1.48. The minimum absolute atomic E-state index is 0.109. The maximum Gasteiger partial charge on any atom is 0.149 e. The largest absolute Gasteiger partial charge is 0.309 e. The number of sulfone groups is 1. The summed E-state index contributed by atoms with van der Waals surface area (Å²) in [6.45, 7) is 4.76. The lowest BCUT2D eigenvalue weighted by atomic mass is 10.1. The lowest BCUT2D eigenvalue weighted by molar-refractivity contribution is 0.548. The van der Waals surface area contributed by atoms with Crippen molar-refractivity contribution in [1.29, 1.82) is 0 Å². The van der Waals surface area contributed by atoms with Crippen LogP contribution in [-0.4, -0.2) is 32.0 Å². The Balaban J connectivity index is 2.85. The smallest absolute Gasteiger partial charge is 0.149 e. The lowest BCUT2D eigenvalue weighted by Gasteiger charge is -2.17. The van der Waals surface area contributed by atoms with Gasteiger partial charge < -0.3 is 5.32 Å². The van der Waals surface area contributed by atoms with E-state index in [2.05, 4.69) is 17.2 Å². The summed E-state index contributed by atoms with van der Waals surface area (Å²) >= 11 is 0. The molecule has 96 valence electrons. The summed E-state index contributed by atoms with van der Waals surface area (Å²) in [5.74, 6) is 0.109. The van der Waals surface area contributed by atoms with Gasteiger partial charge in [-0.05, 0) is 31.5 Å². The summed E-state index contributed by atoms with van der Waals surface area (Å²) in [5.41, 5.74) is 1.86. The number of rotatable bonds is 6. The van der Waals surface area contributed by atoms with Gasteiger partial charge in [0.2, 0.25) is 0 Å². The minimum atomic E-state index is -3.00. The summed E-state index contributed by atoms with van der Waals surface area (Å²) in [7, 11) is -3.00. The van der Waals surface area contributed by atoms with Crippen molar-refractivity contribution in [3.05, 3.63) is 29.6 Å². The Kier molecular flexibility index (Phi) is 5.08. The molecule has 0 saturated heterocycles. The molecule has 1 aromatic heterocycles. The van der Waals surface area contributed by atoms with Crippen LogP contribution in [0.5, 0.6) is 0 Å². The molecule has 1 unspecified atom stereocenters. The Hall–Kier alpha value is -0.940. The van der Waals surface area contributed by atoms with Crippen LogP contribution in [0.1, 0.15) is 30.6 Å². The van der Waals surface area contributed by atoms with Crippen molar-refractivity contribution < 1.29 is 8.42 Å². The molecule has 17 heavy (non-hydrogen) atoms. The highest BCUT2D eigenvalue weighted by atomic mass is 32.2. The zero-order valence-corrected chi connectivity index (χ0v) is 11.4. The molecule has 1 rings (SSSR count). The highest BCUT2D eigenvalue weighted by Gasteiger charge is 2.16. The molecule has 0 radical (unpaired) electrons. The second-order valence-electron chi connectivity index (χ2n) is 4.33. The zero-order valence-electron chi connectivity index (χ0n) is 10.6. The molecule has 0 aliphatic heterocycles. The van der Waals surface area contributed by atoms with Gasteiger partial charge in [-0.15, -0.1) is 0 Å². The fraction of sp³-hybridized carbons (Fsp3) is 0.583. The van der Waals surface area contributed by atoms with Crippen LogP contribution < -0.4 is 5.32 Å². The van der Waals surface area contributed by atoms with Crippen molar-refractivity contribution in [2.45, 2.75) is 26.3 Å². The van der Waals surface area contributed by atoms with Gasteiger partial charge >= 0.3 is 0 Å². The molecule has 0 fully saturated rings. The second-order valence-corrected chi connectivity index (χ2v) is 6.52. The standard InChI is InChI=1S/C12H20N2O2S/c1-4-7-13-12(9-17(3,15)16)11-6-5-10(2)14-8-11/h5-6,8,12-13H,4,7,9H2,1-3H3. The summed E-state index contributed by atoms with van der Waals surface area (Å²) in [6, 6.07) is 3.66. The lowest BCUT2D eigenvalue weighted by Crippen LogP contribution is -2.28. The number of hydrogen-bond donors (Lipinski definition) is 1. The minimum Gasteiger partial charge on any atom is -0.309 e. The van der Waals surface area contributed by atoms with Crippen LogP contribution in [0, 0.1) is 6.92 Å². The topological polar surface area (TPSA) is 59.1 Å². The van der Waals surface area contributed by atoms with Crippen molar-refractivity contribution in [3.8, 4) is 0 Å². The van der Waals surface area contributed by atoms with E-state index in [9.17, 15) is 8.42 Å². The van der Waals surface area contributed by atoms with Gasteiger partial charge in [0, 0.05) is 24.2 Å². The Morgan fingerprint density at radius 2 is 2.12 bits per heavy atom. The first kappa shape index (κ1) is 14.1. The molecular formula is C12H20N2O2S. The molecule has 4 nitrogen and oxygen atoms in total. The first-order chi connectivity index (χ1) is 7.92. The van der Waals surface area contributed by atoms with Crippen molar-refractivity contribution in [3.63, 3.8) is 0 Å².